The zero-order valence-corrected chi connectivity index (χ0v) is 17.9. The van der Waals surface area contributed by atoms with Crippen LogP contribution in [0.15, 0.2) is 42.5 Å². The number of carbonyl (C=O) groups excluding carboxylic acids is 2. The van der Waals surface area contributed by atoms with Gasteiger partial charge in [0.25, 0.3) is 5.91 Å². The molecule has 0 radical (unpaired) electrons. The molecule has 160 valence electrons. The molecule has 6 nitrogen and oxygen atoms in total. The molecule has 3 amide bonds. The fraction of sp³-hybridized carbons (Fsp3) is 0.333. The lowest BCUT2D eigenvalue weighted by molar-refractivity contribution is -0.128. The average Bonchev–Trinajstić information content (AvgIpc) is 3.20. The van der Waals surface area contributed by atoms with E-state index in [4.69, 9.17) is 0 Å². The molecule has 0 saturated carbocycles. The van der Waals surface area contributed by atoms with Gasteiger partial charge in [-0.05, 0) is 49.8 Å². The first-order valence-corrected chi connectivity index (χ1v) is 10.5. The molecule has 1 saturated heterocycles. The molecule has 1 fully saturated rings. The Hall–Kier alpha value is -3.19. The van der Waals surface area contributed by atoms with E-state index in [-0.39, 0.29) is 17.8 Å². The first kappa shape index (κ1) is 19.8. The SMILES string of the molecule is Cc1cc2c3c([nH]c2cc1F)C(c1ccccc1)N1C(=O)N(CCN(C)C)C(=O)C1C3. The smallest absolute Gasteiger partial charge is 0.328 e. The van der Waals surface area contributed by atoms with Gasteiger partial charge >= 0.3 is 6.03 Å². The van der Waals surface area contributed by atoms with Crippen LogP contribution >= 0.6 is 0 Å². The number of benzene rings is 2. The van der Waals surface area contributed by atoms with Gasteiger partial charge in [0.05, 0.1) is 0 Å². The predicted octanol–water partition coefficient (Wildman–Crippen LogP) is 3.46. The molecule has 2 atom stereocenters. The van der Waals surface area contributed by atoms with Gasteiger partial charge in [-0.3, -0.25) is 14.6 Å². The molecular weight excluding hydrogens is 395 g/mol. The highest BCUT2D eigenvalue weighted by molar-refractivity contribution is 6.05. The maximum atomic E-state index is 14.2. The maximum Gasteiger partial charge on any atom is 0.328 e. The van der Waals surface area contributed by atoms with Crippen molar-refractivity contribution in [2.45, 2.75) is 25.4 Å². The van der Waals surface area contributed by atoms with Gasteiger partial charge in [0.2, 0.25) is 0 Å². The van der Waals surface area contributed by atoms with Crippen LogP contribution in [0, 0.1) is 12.7 Å². The van der Waals surface area contributed by atoms with Crippen molar-refractivity contribution in [2.75, 3.05) is 27.2 Å². The van der Waals surface area contributed by atoms with Crippen LogP contribution in [-0.4, -0.2) is 64.8 Å². The highest BCUT2D eigenvalue weighted by Crippen LogP contribution is 2.44. The molecule has 3 aromatic rings. The lowest BCUT2D eigenvalue weighted by atomic mass is 9.88. The zero-order valence-electron chi connectivity index (χ0n) is 17.9. The lowest BCUT2D eigenvalue weighted by Crippen LogP contribution is -2.44. The Morgan fingerprint density at radius 1 is 1.16 bits per heavy atom. The van der Waals surface area contributed by atoms with E-state index < -0.39 is 12.1 Å². The minimum Gasteiger partial charge on any atom is -0.356 e. The number of aryl methyl sites for hydroxylation is 1. The highest BCUT2D eigenvalue weighted by atomic mass is 19.1. The summed E-state index contributed by atoms with van der Waals surface area (Å²) in [5.74, 6) is -0.434. The summed E-state index contributed by atoms with van der Waals surface area (Å²) in [7, 11) is 3.84. The van der Waals surface area contributed by atoms with Crippen LogP contribution in [0.4, 0.5) is 9.18 Å². The minimum atomic E-state index is -0.559. The standard InChI is InChI=1S/C24H25FN4O2/c1-14-11-16-17-12-20-23(30)28(10-9-27(2)3)24(31)29(20)22(15-7-5-4-6-8-15)21(17)26-19(16)13-18(14)25/h4-8,11,13,20,22,26H,9-10,12H2,1-3H3. The number of likely N-dealkylation sites (N-methyl/N-ethyl adjacent to an activating group) is 1. The van der Waals surface area contributed by atoms with Crippen molar-refractivity contribution in [3.05, 3.63) is 70.7 Å². The first-order chi connectivity index (χ1) is 14.9. The predicted molar refractivity (Wildman–Crippen MR) is 116 cm³/mol. The number of urea groups is 1. The van der Waals surface area contributed by atoms with Crippen molar-refractivity contribution in [1.29, 1.82) is 0 Å². The quantitative estimate of drug-likeness (QED) is 0.658. The largest absolute Gasteiger partial charge is 0.356 e. The van der Waals surface area contributed by atoms with E-state index in [9.17, 15) is 14.0 Å². The molecule has 0 bridgehead atoms. The van der Waals surface area contributed by atoms with Crippen molar-refractivity contribution in [3.63, 3.8) is 0 Å². The summed E-state index contributed by atoms with van der Waals surface area (Å²) in [6.07, 6.45) is 0.423. The number of imide groups is 1. The Bertz CT molecular complexity index is 1190. The molecule has 7 heteroatoms. The zero-order chi connectivity index (χ0) is 21.9. The van der Waals surface area contributed by atoms with Gasteiger partial charge in [-0.15, -0.1) is 0 Å². The van der Waals surface area contributed by atoms with Crippen LogP contribution in [0.5, 0.6) is 0 Å². The number of fused-ring (bicyclic) bond motifs is 4. The number of nitrogens with zero attached hydrogens (tertiary/aromatic N) is 3. The van der Waals surface area contributed by atoms with Crippen molar-refractivity contribution >= 4 is 22.8 Å². The number of nitrogens with one attached hydrogen (secondary N) is 1. The normalized spacial score (nSPS) is 20.7. The van der Waals surface area contributed by atoms with Crippen LogP contribution < -0.4 is 0 Å². The van der Waals surface area contributed by atoms with Gasteiger partial charge in [-0.25, -0.2) is 9.18 Å². The number of H-pyrrole nitrogens is 1. The molecule has 2 aliphatic heterocycles. The average molecular weight is 420 g/mol. The Morgan fingerprint density at radius 3 is 2.61 bits per heavy atom. The summed E-state index contributed by atoms with van der Waals surface area (Å²) in [4.78, 5) is 35.1. The number of halogens is 1. The van der Waals surface area contributed by atoms with Gasteiger partial charge < -0.3 is 9.88 Å². The lowest BCUT2D eigenvalue weighted by Gasteiger charge is -2.36. The Balaban J connectivity index is 1.67. The van der Waals surface area contributed by atoms with Gasteiger partial charge in [0.15, 0.2) is 0 Å². The van der Waals surface area contributed by atoms with Gasteiger partial charge in [-0.2, -0.15) is 0 Å². The summed E-state index contributed by atoms with van der Waals surface area (Å²) < 4.78 is 14.2. The summed E-state index contributed by atoms with van der Waals surface area (Å²) in [6.45, 7) is 2.71. The van der Waals surface area contributed by atoms with E-state index in [1.165, 1.54) is 11.0 Å². The number of rotatable bonds is 4. The van der Waals surface area contributed by atoms with Crippen molar-refractivity contribution in [2.24, 2.45) is 0 Å². The highest BCUT2D eigenvalue weighted by Gasteiger charge is 2.52. The second-order valence-electron chi connectivity index (χ2n) is 8.68. The van der Waals surface area contributed by atoms with Crippen molar-refractivity contribution < 1.29 is 14.0 Å². The monoisotopic (exact) mass is 420 g/mol. The molecule has 5 rings (SSSR count). The fourth-order valence-electron chi connectivity index (χ4n) is 4.80. The number of amides is 3. The van der Waals surface area contributed by atoms with Crippen LogP contribution in [0.25, 0.3) is 10.9 Å². The molecular formula is C24H25FN4O2. The van der Waals surface area contributed by atoms with Gasteiger partial charge in [0, 0.05) is 36.1 Å². The maximum absolute atomic E-state index is 14.2. The fourth-order valence-corrected chi connectivity index (χ4v) is 4.80. The number of aromatic nitrogens is 1. The van der Waals surface area contributed by atoms with Crippen LogP contribution in [0.3, 0.4) is 0 Å². The Morgan fingerprint density at radius 2 is 1.90 bits per heavy atom. The Kier molecular flexibility index (Phi) is 4.59. The van der Waals surface area contributed by atoms with Gasteiger partial charge in [-0.1, -0.05) is 30.3 Å². The van der Waals surface area contributed by atoms with E-state index in [2.05, 4.69) is 4.98 Å². The summed E-state index contributed by atoms with van der Waals surface area (Å²) in [5, 5.41) is 0.918. The summed E-state index contributed by atoms with van der Waals surface area (Å²) in [5.41, 5.74) is 4.03. The Labute approximate surface area is 180 Å². The van der Waals surface area contributed by atoms with Crippen molar-refractivity contribution in [3.8, 4) is 0 Å². The first-order valence-electron chi connectivity index (χ1n) is 10.5. The second-order valence-corrected chi connectivity index (χ2v) is 8.68. The van der Waals surface area contributed by atoms with E-state index in [1.807, 2.05) is 55.4 Å². The molecule has 1 N–H and O–H groups in total. The molecule has 2 aliphatic rings. The third kappa shape index (κ3) is 3.03. The van der Waals surface area contributed by atoms with Crippen LogP contribution in [-0.2, 0) is 11.2 Å². The number of aromatic amines is 1. The molecule has 3 heterocycles. The molecule has 2 unspecified atom stereocenters. The van der Waals surface area contributed by atoms with E-state index in [1.54, 1.807) is 11.8 Å². The molecule has 0 spiro atoms. The van der Waals surface area contributed by atoms with Crippen molar-refractivity contribution in [1.82, 2.24) is 19.7 Å². The third-order valence-electron chi connectivity index (χ3n) is 6.39. The topological polar surface area (TPSA) is 59.7 Å². The number of hydrogen-bond acceptors (Lipinski definition) is 3. The summed E-state index contributed by atoms with van der Waals surface area (Å²) in [6, 6.07) is 11.8. The van der Waals surface area contributed by atoms with E-state index >= 15 is 0 Å². The van der Waals surface area contributed by atoms with Gasteiger partial charge in [0.1, 0.15) is 17.9 Å². The second kappa shape index (κ2) is 7.20. The molecule has 1 aromatic heterocycles. The number of carbonyl (C=O) groups is 2. The van der Waals surface area contributed by atoms with Crippen LogP contribution in [0.1, 0.15) is 28.4 Å². The van der Waals surface area contributed by atoms with E-state index in [0.29, 0.717) is 30.6 Å². The minimum absolute atomic E-state index is 0.161. The molecule has 2 aromatic carbocycles. The third-order valence-corrected chi connectivity index (χ3v) is 6.39. The number of hydrogen-bond donors (Lipinski definition) is 1. The van der Waals surface area contributed by atoms with E-state index in [0.717, 1.165) is 22.2 Å². The van der Waals surface area contributed by atoms with Crippen LogP contribution in [0.2, 0.25) is 0 Å². The molecule has 0 aliphatic carbocycles. The molecule has 31 heavy (non-hydrogen) atoms. The summed E-state index contributed by atoms with van der Waals surface area (Å²) >= 11 is 0.